The third-order valence-corrected chi connectivity index (χ3v) is 5.12. The number of ether oxygens (including phenoxy) is 1. The summed E-state index contributed by atoms with van der Waals surface area (Å²) in [5, 5.41) is 14.2. The molecule has 2 N–H and O–H groups in total. The average molecular weight is 426 g/mol. The third kappa shape index (κ3) is 5.37. The largest absolute Gasteiger partial charge is 0.504 e. The highest BCUT2D eigenvalue weighted by Gasteiger charge is 2.22. The molecule has 0 aliphatic rings. The Morgan fingerprint density at radius 3 is 2.68 bits per heavy atom. The Labute approximate surface area is 168 Å². The van der Waals surface area contributed by atoms with Gasteiger partial charge in [-0.15, -0.1) is 0 Å². The molecule has 28 heavy (non-hydrogen) atoms. The number of benzene rings is 2. The second-order valence-corrected chi connectivity index (χ2v) is 8.23. The number of anilines is 1. The first kappa shape index (κ1) is 21.5. The fraction of sp³-hybridized carbons (Fsp3) is 0.222. The minimum Gasteiger partial charge on any atom is -0.504 e. The van der Waals surface area contributed by atoms with E-state index in [-0.39, 0.29) is 11.5 Å². The van der Waals surface area contributed by atoms with Crippen molar-refractivity contribution in [3.8, 4) is 11.5 Å². The van der Waals surface area contributed by atoms with E-state index in [0.29, 0.717) is 21.8 Å². The van der Waals surface area contributed by atoms with Gasteiger partial charge >= 0.3 is 0 Å². The van der Waals surface area contributed by atoms with Crippen LogP contribution in [0.15, 0.2) is 41.5 Å². The fourth-order valence-electron chi connectivity index (χ4n) is 2.43. The summed E-state index contributed by atoms with van der Waals surface area (Å²) < 4.78 is 30.2. The van der Waals surface area contributed by atoms with E-state index in [2.05, 4.69) is 10.5 Å². The second-order valence-electron chi connectivity index (χ2n) is 5.89. The van der Waals surface area contributed by atoms with Crippen LogP contribution in [0.4, 0.5) is 5.69 Å². The molecule has 0 heterocycles. The van der Waals surface area contributed by atoms with Gasteiger partial charge in [0.05, 0.1) is 25.3 Å². The van der Waals surface area contributed by atoms with Gasteiger partial charge in [0.15, 0.2) is 11.5 Å². The molecule has 0 saturated carbocycles. The molecule has 2 aromatic carbocycles. The summed E-state index contributed by atoms with van der Waals surface area (Å²) in [7, 11) is -2.31. The van der Waals surface area contributed by atoms with Crippen LogP contribution < -0.4 is 14.5 Å². The van der Waals surface area contributed by atoms with Gasteiger partial charge in [-0.1, -0.05) is 17.7 Å². The lowest BCUT2D eigenvalue weighted by molar-refractivity contribution is -0.119. The number of hydrogen-bond donors (Lipinski definition) is 2. The molecule has 8 nitrogen and oxygen atoms in total. The monoisotopic (exact) mass is 425 g/mol. The van der Waals surface area contributed by atoms with Gasteiger partial charge in [0.25, 0.3) is 5.91 Å². The Hall–Kier alpha value is -2.78. The molecular weight excluding hydrogens is 406 g/mol. The first-order chi connectivity index (χ1) is 13.1. The van der Waals surface area contributed by atoms with Gasteiger partial charge in [0.1, 0.15) is 6.54 Å². The molecule has 0 spiro atoms. The fourth-order valence-corrected chi connectivity index (χ4v) is 3.57. The highest BCUT2D eigenvalue weighted by atomic mass is 35.5. The number of phenols is 1. The summed E-state index contributed by atoms with van der Waals surface area (Å²) in [6.45, 7) is 1.23. The summed E-state index contributed by atoms with van der Waals surface area (Å²) in [6, 6.07) is 9.48. The van der Waals surface area contributed by atoms with Crippen LogP contribution in [0.1, 0.15) is 11.1 Å². The number of nitrogens with zero attached hydrogens (tertiary/aromatic N) is 2. The van der Waals surface area contributed by atoms with E-state index >= 15 is 0 Å². The van der Waals surface area contributed by atoms with Crippen LogP contribution >= 0.6 is 11.6 Å². The summed E-state index contributed by atoms with van der Waals surface area (Å²) >= 11 is 5.91. The van der Waals surface area contributed by atoms with Crippen molar-refractivity contribution in [3.63, 3.8) is 0 Å². The van der Waals surface area contributed by atoms with E-state index in [9.17, 15) is 18.3 Å². The first-order valence-corrected chi connectivity index (χ1v) is 10.3. The average Bonchev–Trinajstić information content (AvgIpc) is 2.61. The van der Waals surface area contributed by atoms with E-state index in [1.165, 1.54) is 19.4 Å². The quantitative estimate of drug-likeness (QED) is 0.522. The Kier molecular flexibility index (Phi) is 6.87. The molecule has 0 fully saturated rings. The van der Waals surface area contributed by atoms with Crippen molar-refractivity contribution < 1.29 is 23.1 Å². The minimum atomic E-state index is -3.72. The summed E-state index contributed by atoms with van der Waals surface area (Å²) in [5.41, 5.74) is 3.52. The molecule has 10 heteroatoms. The number of carbonyl (C=O) groups excluding carboxylic acids is 1. The number of carbonyl (C=O) groups is 1. The van der Waals surface area contributed by atoms with Gasteiger partial charge in [0.2, 0.25) is 10.0 Å². The number of aromatic hydroxyl groups is 1. The van der Waals surface area contributed by atoms with Crippen molar-refractivity contribution in [2.75, 3.05) is 24.2 Å². The van der Waals surface area contributed by atoms with Crippen LogP contribution in [0, 0.1) is 6.92 Å². The van der Waals surface area contributed by atoms with E-state index in [1.807, 2.05) is 0 Å². The highest BCUT2D eigenvalue weighted by Crippen LogP contribution is 2.28. The number of halogens is 1. The predicted octanol–water partition coefficient (Wildman–Crippen LogP) is 2.28. The van der Waals surface area contributed by atoms with Crippen molar-refractivity contribution in [3.05, 3.63) is 52.5 Å². The summed E-state index contributed by atoms with van der Waals surface area (Å²) in [5.74, 6) is -0.521. The second kappa shape index (κ2) is 8.94. The van der Waals surface area contributed by atoms with Crippen molar-refractivity contribution in [2.45, 2.75) is 6.92 Å². The number of phenolic OH excluding ortho intramolecular Hbond substituents is 1. The molecule has 0 saturated heterocycles. The SMILES string of the molecule is COc1cccc(/C=N\NC(=O)CN(c2ccc(Cl)cc2C)S(C)(=O)=O)c1O. The van der Waals surface area contributed by atoms with Crippen molar-refractivity contribution in [1.82, 2.24) is 5.43 Å². The molecule has 0 aromatic heterocycles. The molecule has 2 rings (SSSR count). The molecule has 0 bridgehead atoms. The number of methoxy groups -OCH3 is 1. The van der Waals surface area contributed by atoms with Crippen LogP contribution in [0.5, 0.6) is 11.5 Å². The topological polar surface area (TPSA) is 108 Å². The number of hydrazone groups is 1. The zero-order valence-electron chi connectivity index (χ0n) is 15.5. The number of aryl methyl sites for hydroxylation is 1. The summed E-state index contributed by atoms with van der Waals surface area (Å²) in [6.07, 6.45) is 2.24. The maximum absolute atomic E-state index is 12.2. The highest BCUT2D eigenvalue weighted by molar-refractivity contribution is 7.92. The minimum absolute atomic E-state index is 0.127. The molecule has 150 valence electrons. The van der Waals surface area contributed by atoms with Gasteiger partial charge < -0.3 is 9.84 Å². The van der Waals surface area contributed by atoms with Gasteiger partial charge in [-0.25, -0.2) is 13.8 Å². The molecule has 0 unspecified atom stereocenters. The van der Waals surface area contributed by atoms with E-state index < -0.39 is 22.5 Å². The molecule has 0 aliphatic heterocycles. The molecule has 2 aromatic rings. The van der Waals surface area contributed by atoms with Crippen molar-refractivity contribution in [2.24, 2.45) is 5.10 Å². The molecule has 0 aliphatic carbocycles. The van der Waals surface area contributed by atoms with Gasteiger partial charge in [-0.2, -0.15) is 5.10 Å². The lowest BCUT2D eigenvalue weighted by atomic mass is 10.2. The van der Waals surface area contributed by atoms with Gasteiger partial charge in [-0.05, 0) is 42.8 Å². The number of nitrogens with one attached hydrogen (secondary N) is 1. The first-order valence-electron chi connectivity index (χ1n) is 8.05. The number of rotatable bonds is 7. The maximum atomic E-state index is 12.2. The predicted molar refractivity (Wildman–Crippen MR) is 109 cm³/mol. The van der Waals surface area contributed by atoms with E-state index in [0.717, 1.165) is 10.6 Å². The third-order valence-electron chi connectivity index (χ3n) is 3.76. The molecule has 0 atom stereocenters. The van der Waals surface area contributed by atoms with Crippen molar-refractivity contribution in [1.29, 1.82) is 0 Å². The zero-order chi connectivity index (χ0) is 20.9. The van der Waals surface area contributed by atoms with Gasteiger partial charge in [-0.3, -0.25) is 9.10 Å². The van der Waals surface area contributed by atoms with Crippen LogP contribution in [0.2, 0.25) is 5.02 Å². The number of amides is 1. The number of hydrogen-bond acceptors (Lipinski definition) is 6. The normalized spacial score (nSPS) is 11.4. The van der Waals surface area contributed by atoms with E-state index in [4.69, 9.17) is 16.3 Å². The van der Waals surface area contributed by atoms with Crippen LogP contribution in [-0.4, -0.2) is 45.6 Å². The molecular formula is C18H20ClN3O5S. The Morgan fingerprint density at radius 2 is 2.07 bits per heavy atom. The van der Waals surface area contributed by atoms with Crippen LogP contribution in [-0.2, 0) is 14.8 Å². The van der Waals surface area contributed by atoms with Crippen molar-refractivity contribution >= 4 is 39.4 Å². The number of para-hydroxylation sites is 1. The number of sulfonamides is 1. The maximum Gasteiger partial charge on any atom is 0.260 e. The van der Waals surface area contributed by atoms with E-state index in [1.54, 1.807) is 37.3 Å². The van der Waals surface area contributed by atoms with Gasteiger partial charge in [0, 0.05) is 10.6 Å². The Balaban J connectivity index is 2.15. The smallest absolute Gasteiger partial charge is 0.260 e. The lowest BCUT2D eigenvalue weighted by Crippen LogP contribution is -2.39. The Morgan fingerprint density at radius 1 is 1.36 bits per heavy atom. The molecule has 1 amide bonds. The Bertz CT molecular complexity index is 1010. The summed E-state index contributed by atoms with van der Waals surface area (Å²) in [4.78, 5) is 12.2. The lowest BCUT2D eigenvalue weighted by Gasteiger charge is -2.23. The molecule has 0 radical (unpaired) electrons. The standard InChI is InChI=1S/C18H20ClN3O5S/c1-12-9-14(19)7-8-15(12)22(28(3,25)26)11-17(23)21-20-10-13-5-4-6-16(27-2)18(13)24/h4-10,24H,11H2,1-3H3,(H,21,23)/b20-10-. The van der Waals surface area contributed by atoms with Crippen LogP contribution in [0.25, 0.3) is 0 Å². The van der Waals surface area contributed by atoms with Crippen LogP contribution in [0.3, 0.4) is 0 Å². The zero-order valence-corrected chi connectivity index (χ0v) is 17.1.